The van der Waals surface area contributed by atoms with Crippen LogP contribution >= 0.6 is 0 Å². The summed E-state index contributed by atoms with van der Waals surface area (Å²) in [7, 11) is 1.75. The first-order chi connectivity index (χ1) is 9.54. The van der Waals surface area contributed by atoms with Gasteiger partial charge in [-0.25, -0.2) is 8.78 Å². The van der Waals surface area contributed by atoms with E-state index in [-0.39, 0.29) is 17.7 Å². The van der Waals surface area contributed by atoms with Crippen LogP contribution in [0.3, 0.4) is 0 Å². The first-order valence-corrected chi connectivity index (χ1v) is 6.50. The molecule has 2 nitrogen and oxygen atoms in total. The number of nitrogens with zero attached hydrogens (tertiary/aromatic N) is 1. The molecule has 1 unspecified atom stereocenters. The maximum absolute atomic E-state index is 14.1. The number of hydrogen-bond donors (Lipinski definition) is 1. The van der Waals surface area contributed by atoms with E-state index in [9.17, 15) is 8.78 Å². The highest BCUT2D eigenvalue weighted by Gasteiger charge is 2.18. The molecule has 1 atom stereocenters. The molecule has 0 fully saturated rings. The quantitative estimate of drug-likeness (QED) is 0.924. The molecule has 106 valence electrons. The molecule has 0 aliphatic carbocycles. The van der Waals surface area contributed by atoms with Crippen LogP contribution in [0.25, 0.3) is 0 Å². The summed E-state index contributed by atoms with van der Waals surface area (Å²) in [6.45, 7) is 2.14. The van der Waals surface area contributed by atoms with E-state index in [1.807, 2.05) is 6.92 Å². The zero-order valence-corrected chi connectivity index (χ0v) is 11.6. The number of anilines is 1. The van der Waals surface area contributed by atoms with Crippen LogP contribution in [0.4, 0.5) is 14.5 Å². The van der Waals surface area contributed by atoms with E-state index in [2.05, 4.69) is 0 Å². The van der Waals surface area contributed by atoms with E-state index < -0.39 is 0 Å². The molecule has 0 bridgehead atoms. The summed E-state index contributed by atoms with van der Waals surface area (Å²) >= 11 is 0. The van der Waals surface area contributed by atoms with Crippen LogP contribution in [0.1, 0.15) is 24.1 Å². The Morgan fingerprint density at radius 2 is 1.80 bits per heavy atom. The second-order valence-corrected chi connectivity index (χ2v) is 4.80. The smallest absolute Gasteiger partial charge is 0.146 e. The summed E-state index contributed by atoms with van der Waals surface area (Å²) in [5.74, 6) is -0.635. The van der Waals surface area contributed by atoms with Crippen LogP contribution < -0.4 is 10.6 Å². The lowest BCUT2D eigenvalue weighted by molar-refractivity contribution is 0.575. The van der Waals surface area contributed by atoms with Crippen molar-refractivity contribution in [2.75, 3.05) is 11.9 Å². The molecule has 2 aromatic carbocycles. The van der Waals surface area contributed by atoms with Gasteiger partial charge in [-0.2, -0.15) is 0 Å². The maximum Gasteiger partial charge on any atom is 0.146 e. The van der Waals surface area contributed by atoms with E-state index in [4.69, 9.17) is 5.73 Å². The summed E-state index contributed by atoms with van der Waals surface area (Å²) in [6.07, 6.45) is 0. The van der Waals surface area contributed by atoms with E-state index in [0.717, 1.165) is 5.56 Å². The van der Waals surface area contributed by atoms with Crippen molar-refractivity contribution in [2.24, 2.45) is 5.73 Å². The molecule has 0 aliphatic heterocycles. The molecule has 2 aromatic rings. The van der Waals surface area contributed by atoms with Crippen LogP contribution in [0, 0.1) is 11.6 Å². The van der Waals surface area contributed by atoms with E-state index in [1.165, 1.54) is 12.1 Å². The third-order valence-corrected chi connectivity index (χ3v) is 3.56. The molecule has 0 saturated heterocycles. The van der Waals surface area contributed by atoms with Gasteiger partial charge in [0.05, 0.1) is 11.7 Å². The van der Waals surface area contributed by atoms with E-state index in [0.29, 0.717) is 17.8 Å². The highest BCUT2D eigenvalue weighted by Crippen LogP contribution is 2.29. The van der Waals surface area contributed by atoms with Crippen LogP contribution in [0.5, 0.6) is 0 Å². The molecule has 0 spiro atoms. The zero-order valence-electron chi connectivity index (χ0n) is 11.6. The molecule has 0 heterocycles. The van der Waals surface area contributed by atoms with Gasteiger partial charge >= 0.3 is 0 Å². The van der Waals surface area contributed by atoms with Gasteiger partial charge in [0.25, 0.3) is 0 Å². The normalized spacial score (nSPS) is 12.2. The van der Waals surface area contributed by atoms with Crippen LogP contribution in [0.15, 0.2) is 42.5 Å². The predicted molar refractivity (Wildman–Crippen MR) is 77.5 cm³/mol. The third-order valence-electron chi connectivity index (χ3n) is 3.56. The van der Waals surface area contributed by atoms with Crippen molar-refractivity contribution in [3.8, 4) is 0 Å². The molecule has 2 rings (SSSR count). The summed E-state index contributed by atoms with van der Waals surface area (Å²) in [5, 5.41) is 0. The average Bonchev–Trinajstić information content (AvgIpc) is 2.46. The number of nitrogens with two attached hydrogens (primary N) is 1. The standard InChI is InChI=1S/C16H18F2N2/c1-11(13-5-3-4-6-14(13)17)20(2)16-8-7-12(10-19)9-15(16)18/h3-9,11H,10,19H2,1-2H3. The summed E-state index contributed by atoms with van der Waals surface area (Å²) in [6, 6.07) is 11.1. The van der Waals surface area contributed by atoms with Crippen LogP contribution in [-0.2, 0) is 6.54 Å². The third kappa shape index (κ3) is 2.80. The van der Waals surface area contributed by atoms with Gasteiger partial charge in [0.1, 0.15) is 11.6 Å². The SMILES string of the molecule is CC(c1ccccc1F)N(C)c1ccc(CN)cc1F. The van der Waals surface area contributed by atoms with Gasteiger partial charge < -0.3 is 10.6 Å². The van der Waals surface area contributed by atoms with Gasteiger partial charge in [-0.15, -0.1) is 0 Å². The summed E-state index contributed by atoms with van der Waals surface area (Å²) in [5.41, 5.74) is 7.19. The fourth-order valence-electron chi connectivity index (χ4n) is 2.19. The second kappa shape index (κ2) is 6.01. The Morgan fingerprint density at radius 3 is 2.40 bits per heavy atom. The molecular weight excluding hydrogens is 258 g/mol. The van der Waals surface area contributed by atoms with Crippen molar-refractivity contribution in [1.29, 1.82) is 0 Å². The zero-order chi connectivity index (χ0) is 14.7. The minimum Gasteiger partial charge on any atom is -0.365 e. The number of halogens is 2. The molecule has 2 N–H and O–H groups in total. The lowest BCUT2D eigenvalue weighted by atomic mass is 10.1. The number of benzene rings is 2. The highest BCUT2D eigenvalue weighted by molar-refractivity contribution is 5.50. The fourth-order valence-corrected chi connectivity index (χ4v) is 2.19. The predicted octanol–water partition coefficient (Wildman–Crippen LogP) is 3.62. The van der Waals surface area contributed by atoms with Gasteiger partial charge in [0, 0.05) is 19.2 Å². The maximum atomic E-state index is 14.1. The molecule has 4 heteroatoms. The average molecular weight is 276 g/mol. The van der Waals surface area contributed by atoms with Crippen molar-refractivity contribution in [3.63, 3.8) is 0 Å². The Balaban J connectivity index is 2.31. The Hall–Kier alpha value is -1.94. The van der Waals surface area contributed by atoms with Crippen molar-refractivity contribution >= 4 is 5.69 Å². The Labute approximate surface area is 117 Å². The van der Waals surface area contributed by atoms with Gasteiger partial charge in [-0.1, -0.05) is 24.3 Å². The Bertz CT molecular complexity index is 599. The largest absolute Gasteiger partial charge is 0.365 e. The van der Waals surface area contributed by atoms with Gasteiger partial charge in [0.2, 0.25) is 0 Å². The van der Waals surface area contributed by atoms with E-state index >= 15 is 0 Å². The van der Waals surface area contributed by atoms with Gasteiger partial charge in [-0.3, -0.25) is 0 Å². The van der Waals surface area contributed by atoms with Crippen LogP contribution in [-0.4, -0.2) is 7.05 Å². The van der Waals surface area contributed by atoms with Gasteiger partial charge in [-0.05, 0) is 30.7 Å². The molecule has 0 amide bonds. The first kappa shape index (κ1) is 14.5. The van der Waals surface area contributed by atoms with Crippen molar-refractivity contribution in [1.82, 2.24) is 0 Å². The van der Waals surface area contributed by atoms with Crippen molar-refractivity contribution < 1.29 is 8.78 Å². The fraction of sp³-hybridized carbons (Fsp3) is 0.250. The summed E-state index contributed by atoms with van der Waals surface area (Å²) < 4.78 is 27.9. The van der Waals surface area contributed by atoms with Gasteiger partial charge in [0.15, 0.2) is 0 Å². The van der Waals surface area contributed by atoms with Crippen molar-refractivity contribution in [2.45, 2.75) is 19.5 Å². The Kier molecular flexibility index (Phi) is 4.35. The lowest BCUT2D eigenvalue weighted by Gasteiger charge is -2.28. The minimum absolute atomic E-state index is 0.269. The Morgan fingerprint density at radius 1 is 1.10 bits per heavy atom. The highest BCUT2D eigenvalue weighted by atomic mass is 19.1. The minimum atomic E-state index is -0.348. The topological polar surface area (TPSA) is 29.3 Å². The second-order valence-electron chi connectivity index (χ2n) is 4.80. The molecule has 0 aromatic heterocycles. The van der Waals surface area contributed by atoms with Crippen LogP contribution in [0.2, 0.25) is 0 Å². The molecule has 0 aliphatic rings. The lowest BCUT2D eigenvalue weighted by Crippen LogP contribution is -2.23. The first-order valence-electron chi connectivity index (χ1n) is 6.50. The molecule has 20 heavy (non-hydrogen) atoms. The number of rotatable bonds is 4. The molecule has 0 radical (unpaired) electrons. The summed E-state index contributed by atoms with van der Waals surface area (Å²) in [4.78, 5) is 1.72. The van der Waals surface area contributed by atoms with Crippen molar-refractivity contribution in [3.05, 3.63) is 65.2 Å². The molecule has 0 saturated carbocycles. The molecular formula is C16H18F2N2. The van der Waals surface area contributed by atoms with E-state index in [1.54, 1.807) is 42.3 Å². The monoisotopic (exact) mass is 276 g/mol. The number of hydrogen-bond acceptors (Lipinski definition) is 2.